The highest BCUT2D eigenvalue weighted by Gasteiger charge is 2.61. The molecule has 2 fully saturated rings. The third kappa shape index (κ3) is 2.92. The summed E-state index contributed by atoms with van der Waals surface area (Å²) in [5, 5.41) is 9.56. The van der Waals surface area contributed by atoms with Crippen LogP contribution in [-0.4, -0.2) is 53.3 Å². The lowest BCUT2D eigenvalue weighted by molar-refractivity contribution is -0.267. The van der Waals surface area contributed by atoms with Crippen LogP contribution in [0.3, 0.4) is 0 Å². The molecule has 1 aromatic heterocycles. The minimum Gasteiger partial charge on any atom is -0.399 e. The zero-order chi connectivity index (χ0) is 18.8. The van der Waals surface area contributed by atoms with Crippen molar-refractivity contribution in [2.75, 3.05) is 18.0 Å². The molecule has 3 heterocycles. The van der Waals surface area contributed by atoms with Crippen LogP contribution in [0.4, 0.5) is 19.0 Å². The predicted octanol–water partition coefficient (Wildman–Crippen LogP) is 1.80. The van der Waals surface area contributed by atoms with Gasteiger partial charge in [0.15, 0.2) is 5.60 Å². The fraction of sp³-hybridized carbons (Fsp3) is 0.688. The van der Waals surface area contributed by atoms with E-state index in [-0.39, 0.29) is 0 Å². The summed E-state index contributed by atoms with van der Waals surface area (Å²) < 4.78 is 50.2. The van der Waals surface area contributed by atoms with Crippen molar-refractivity contribution < 1.29 is 27.6 Å². The van der Waals surface area contributed by atoms with E-state index < -0.39 is 43.2 Å². The number of aryl methyl sites for hydroxylation is 1. The third-order valence-electron chi connectivity index (χ3n) is 5.38. The number of halogens is 3. The van der Waals surface area contributed by atoms with Crippen LogP contribution in [0, 0.1) is 6.92 Å². The summed E-state index contributed by atoms with van der Waals surface area (Å²) in [5.74, 6) is 0.395. The molecule has 0 aromatic carbocycles. The fourth-order valence-corrected chi connectivity index (χ4v) is 2.88. The fourth-order valence-electron chi connectivity index (χ4n) is 2.88. The van der Waals surface area contributed by atoms with Gasteiger partial charge in [-0.25, -0.2) is 4.98 Å². The Kier molecular flexibility index (Phi) is 3.95. The minimum atomic E-state index is -4.64. The van der Waals surface area contributed by atoms with Crippen LogP contribution in [0.15, 0.2) is 12.1 Å². The first-order valence-corrected chi connectivity index (χ1v) is 8.13. The van der Waals surface area contributed by atoms with Crippen molar-refractivity contribution in [1.29, 1.82) is 0 Å². The van der Waals surface area contributed by atoms with E-state index in [1.807, 2.05) is 27.7 Å². The number of hydrogen-bond acceptors (Lipinski definition) is 5. The topological polar surface area (TPSA) is 54.8 Å². The lowest BCUT2D eigenvalue weighted by Gasteiger charge is -2.47. The Labute approximate surface area is 145 Å². The van der Waals surface area contributed by atoms with Gasteiger partial charge >= 0.3 is 13.3 Å². The Morgan fingerprint density at radius 1 is 1.12 bits per heavy atom. The molecule has 2 saturated heterocycles. The van der Waals surface area contributed by atoms with Crippen molar-refractivity contribution >= 4 is 18.4 Å². The van der Waals surface area contributed by atoms with E-state index in [0.29, 0.717) is 11.5 Å². The summed E-state index contributed by atoms with van der Waals surface area (Å²) in [6.07, 6.45) is -4.64. The summed E-state index contributed by atoms with van der Waals surface area (Å²) in [4.78, 5) is 5.77. The van der Waals surface area contributed by atoms with Gasteiger partial charge in [0, 0.05) is 11.2 Å². The molecule has 0 amide bonds. The lowest BCUT2D eigenvalue weighted by Crippen LogP contribution is -2.69. The SMILES string of the molecule is Cc1nc(N2CC(O)(C(F)(F)F)C2)ccc1B1OC(C)(C)C(C)(C)O1. The molecule has 2 aliphatic rings. The zero-order valence-corrected chi connectivity index (χ0v) is 14.9. The molecule has 0 saturated carbocycles. The molecule has 0 spiro atoms. The molecule has 3 rings (SSSR count). The molecule has 5 nitrogen and oxygen atoms in total. The highest BCUT2D eigenvalue weighted by molar-refractivity contribution is 6.62. The predicted molar refractivity (Wildman–Crippen MR) is 87.9 cm³/mol. The van der Waals surface area contributed by atoms with Crippen molar-refractivity contribution in [2.24, 2.45) is 0 Å². The van der Waals surface area contributed by atoms with Crippen LogP contribution >= 0.6 is 0 Å². The average molecular weight is 358 g/mol. The molecule has 1 N–H and O–H groups in total. The molecule has 0 radical (unpaired) electrons. The van der Waals surface area contributed by atoms with E-state index in [4.69, 9.17) is 9.31 Å². The van der Waals surface area contributed by atoms with Crippen LogP contribution in [0.5, 0.6) is 0 Å². The Morgan fingerprint density at radius 3 is 2.08 bits per heavy atom. The standard InChI is InChI=1S/C16H22BF3N2O3/c1-10-11(17-24-13(2,3)14(4,5)25-17)6-7-12(21-10)22-8-15(23,9-22)16(18,19)20/h6-7,23H,8-9H2,1-5H3. The van der Waals surface area contributed by atoms with Crippen molar-refractivity contribution in [1.82, 2.24) is 4.98 Å². The molecule has 0 unspecified atom stereocenters. The molecular formula is C16H22BF3N2O3. The smallest absolute Gasteiger partial charge is 0.399 e. The highest BCUT2D eigenvalue weighted by Crippen LogP contribution is 2.40. The van der Waals surface area contributed by atoms with E-state index in [0.717, 1.165) is 5.46 Å². The molecule has 0 atom stereocenters. The quantitative estimate of drug-likeness (QED) is 0.818. The van der Waals surface area contributed by atoms with Gasteiger partial charge < -0.3 is 19.3 Å². The molecule has 1 aromatic rings. The lowest BCUT2D eigenvalue weighted by atomic mass is 9.78. The van der Waals surface area contributed by atoms with Crippen molar-refractivity contribution in [3.8, 4) is 0 Å². The van der Waals surface area contributed by atoms with E-state index in [1.165, 1.54) is 4.90 Å². The van der Waals surface area contributed by atoms with Gasteiger partial charge in [-0.3, -0.25) is 0 Å². The largest absolute Gasteiger partial charge is 0.496 e. The second kappa shape index (κ2) is 5.34. The van der Waals surface area contributed by atoms with Crippen LogP contribution in [-0.2, 0) is 9.31 Å². The maximum absolute atomic E-state index is 12.7. The number of alkyl halides is 3. The first kappa shape index (κ1) is 18.5. The molecule has 0 aliphatic carbocycles. The van der Waals surface area contributed by atoms with Gasteiger partial charge in [0.1, 0.15) is 5.82 Å². The summed E-state index contributed by atoms with van der Waals surface area (Å²) in [7, 11) is -0.574. The summed E-state index contributed by atoms with van der Waals surface area (Å²) in [6, 6.07) is 3.38. The molecule has 9 heteroatoms. The first-order chi connectivity index (χ1) is 11.3. The normalized spacial score (nSPS) is 24.4. The number of hydrogen-bond donors (Lipinski definition) is 1. The van der Waals surface area contributed by atoms with Gasteiger partial charge in [-0.05, 0) is 40.7 Å². The van der Waals surface area contributed by atoms with E-state index >= 15 is 0 Å². The molecule has 0 bridgehead atoms. The molecular weight excluding hydrogens is 336 g/mol. The van der Waals surface area contributed by atoms with Crippen molar-refractivity contribution in [3.05, 3.63) is 17.8 Å². The minimum absolute atomic E-state index is 0.395. The maximum atomic E-state index is 12.7. The second-order valence-corrected chi connectivity index (χ2v) is 7.82. The summed E-state index contributed by atoms with van der Waals surface area (Å²) in [5.41, 5.74) is -2.26. The van der Waals surface area contributed by atoms with E-state index in [9.17, 15) is 18.3 Å². The summed E-state index contributed by atoms with van der Waals surface area (Å²) in [6.45, 7) is 8.52. The van der Waals surface area contributed by atoms with E-state index in [2.05, 4.69) is 4.98 Å². The van der Waals surface area contributed by atoms with Crippen LogP contribution in [0.2, 0.25) is 0 Å². The first-order valence-electron chi connectivity index (χ1n) is 8.13. The van der Waals surface area contributed by atoms with Gasteiger partial charge in [0.05, 0.1) is 24.3 Å². The molecule has 138 valence electrons. The number of aromatic nitrogens is 1. The maximum Gasteiger partial charge on any atom is 0.496 e. The van der Waals surface area contributed by atoms with Gasteiger partial charge in [-0.1, -0.05) is 6.07 Å². The number of β-amino-alcohol motifs (C(OH)–C–C–N with tert-alkyl or cyclic N) is 1. The van der Waals surface area contributed by atoms with Gasteiger partial charge in [-0.15, -0.1) is 0 Å². The van der Waals surface area contributed by atoms with Gasteiger partial charge in [0.25, 0.3) is 0 Å². The van der Waals surface area contributed by atoms with Gasteiger partial charge in [-0.2, -0.15) is 13.2 Å². The average Bonchev–Trinajstić information content (AvgIpc) is 2.62. The van der Waals surface area contributed by atoms with Crippen molar-refractivity contribution in [3.63, 3.8) is 0 Å². The second-order valence-electron chi connectivity index (χ2n) is 7.82. The van der Waals surface area contributed by atoms with E-state index in [1.54, 1.807) is 19.1 Å². The Hall–Kier alpha value is -1.32. The van der Waals surface area contributed by atoms with Crippen LogP contribution < -0.4 is 10.4 Å². The number of rotatable bonds is 2. The van der Waals surface area contributed by atoms with Gasteiger partial charge in [0.2, 0.25) is 0 Å². The Morgan fingerprint density at radius 2 is 1.64 bits per heavy atom. The molecule has 2 aliphatic heterocycles. The third-order valence-corrected chi connectivity index (χ3v) is 5.38. The summed E-state index contributed by atoms with van der Waals surface area (Å²) >= 11 is 0. The Balaban J connectivity index is 1.76. The molecule has 25 heavy (non-hydrogen) atoms. The number of pyridine rings is 1. The van der Waals surface area contributed by atoms with Crippen LogP contribution in [0.1, 0.15) is 33.4 Å². The van der Waals surface area contributed by atoms with Crippen LogP contribution in [0.25, 0.3) is 0 Å². The number of aliphatic hydroxyl groups is 1. The zero-order valence-electron chi connectivity index (χ0n) is 14.9. The monoisotopic (exact) mass is 358 g/mol. The number of nitrogens with zero attached hydrogens (tertiary/aromatic N) is 2. The number of anilines is 1. The van der Waals surface area contributed by atoms with Crippen molar-refractivity contribution in [2.45, 2.75) is 57.6 Å². The highest BCUT2D eigenvalue weighted by atomic mass is 19.4. The Bertz CT molecular complexity index is 672.